The third-order valence-corrected chi connectivity index (χ3v) is 4.86. The lowest BCUT2D eigenvalue weighted by molar-refractivity contribution is -0.142. The van der Waals surface area contributed by atoms with Crippen molar-refractivity contribution in [3.8, 4) is 0 Å². The third-order valence-electron chi connectivity index (χ3n) is 4.86. The van der Waals surface area contributed by atoms with Crippen LogP contribution in [0.3, 0.4) is 0 Å². The van der Waals surface area contributed by atoms with Gasteiger partial charge in [0.1, 0.15) is 6.04 Å². The number of carbonyl (C=O) groups is 2. The van der Waals surface area contributed by atoms with Crippen molar-refractivity contribution in [2.45, 2.75) is 51.2 Å². The molecule has 2 saturated heterocycles. The van der Waals surface area contributed by atoms with E-state index in [2.05, 4.69) is 0 Å². The molecule has 3 rings (SSSR count). The van der Waals surface area contributed by atoms with Crippen LogP contribution in [0.15, 0.2) is 24.3 Å². The van der Waals surface area contributed by atoms with Gasteiger partial charge in [-0.1, -0.05) is 29.8 Å². The SMILES string of the molecule is Cc1ccc(CN2C(=O)CCC2C(=O)N2CCCC(N)C2)cc1. The quantitative estimate of drug-likeness (QED) is 0.918. The maximum atomic E-state index is 12.8. The first-order chi connectivity index (χ1) is 11.0. The summed E-state index contributed by atoms with van der Waals surface area (Å²) in [6.45, 7) is 3.92. The molecule has 2 heterocycles. The van der Waals surface area contributed by atoms with E-state index in [9.17, 15) is 9.59 Å². The molecule has 2 fully saturated rings. The van der Waals surface area contributed by atoms with Gasteiger partial charge in [0, 0.05) is 32.1 Å². The third kappa shape index (κ3) is 3.55. The fourth-order valence-electron chi connectivity index (χ4n) is 3.50. The lowest BCUT2D eigenvalue weighted by Gasteiger charge is -2.35. The zero-order valence-corrected chi connectivity index (χ0v) is 13.7. The van der Waals surface area contributed by atoms with Gasteiger partial charge < -0.3 is 15.5 Å². The molecule has 1 aromatic rings. The van der Waals surface area contributed by atoms with Crippen LogP contribution in [0.1, 0.15) is 36.8 Å². The van der Waals surface area contributed by atoms with Crippen molar-refractivity contribution in [1.82, 2.24) is 9.80 Å². The fourth-order valence-corrected chi connectivity index (χ4v) is 3.50. The van der Waals surface area contributed by atoms with Crippen LogP contribution in [-0.4, -0.2) is 46.8 Å². The number of piperidine rings is 1. The number of amides is 2. The van der Waals surface area contributed by atoms with E-state index in [1.54, 1.807) is 4.90 Å². The lowest BCUT2D eigenvalue weighted by Crippen LogP contribution is -2.52. The van der Waals surface area contributed by atoms with Gasteiger partial charge in [0.2, 0.25) is 11.8 Å². The molecule has 2 aliphatic rings. The predicted octanol–water partition coefficient (Wildman–Crippen LogP) is 1.44. The highest BCUT2D eigenvalue weighted by Crippen LogP contribution is 2.24. The van der Waals surface area contributed by atoms with Gasteiger partial charge in [0.25, 0.3) is 0 Å². The molecule has 2 unspecified atom stereocenters. The molecule has 2 amide bonds. The number of carbonyl (C=O) groups excluding carboxylic acids is 2. The molecule has 2 N–H and O–H groups in total. The van der Waals surface area contributed by atoms with Gasteiger partial charge in [-0.2, -0.15) is 0 Å². The van der Waals surface area contributed by atoms with E-state index in [4.69, 9.17) is 5.73 Å². The Morgan fingerprint density at radius 1 is 1.26 bits per heavy atom. The van der Waals surface area contributed by atoms with Crippen molar-refractivity contribution >= 4 is 11.8 Å². The topological polar surface area (TPSA) is 66.6 Å². The first kappa shape index (κ1) is 16.0. The van der Waals surface area contributed by atoms with Crippen LogP contribution in [0.2, 0.25) is 0 Å². The normalized spacial score (nSPS) is 25.0. The Morgan fingerprint density at radius 2 is 2.00 bits per heavy atom. The van der Waals surface area contributed by atoms with Crippen LogP contribution in [0, 0.1) is 6.92 Å². The monoisotopic (exact) mass is 315 g/mol. The maximum Gasteiger partial charge on any atom is 0.245 e. The molecule has 0 aliphatic carbocycles. The Morgan fingerprint density at radius 3 is 2.70 bits per heavy atom. The van der Waals surface area contributed by atoms with Crippen molar-refractivity contribution in [3.05, 3.63) is 35.4 Å². The van der Waals surface area contributed by atoms with Gasteiger partial charge in [0.15, 0.2) is 0 Å². The molecule has 124 valence electrons. The van der Waals surface area contributed by atoms with Crippen LogP contribution >= 0.6 is 0 Å². The number of rotatable bonds is 3. The van der Waals surface area contributed by atoms with Crippen LogP contribution < -0.4 is 5.73 Å². The second kappa shape index (κ2) is 6.71. The minimum atomic E-state index is -0.325. The van der Waals surface area contributed by atoms with Crippen LogP contribution in [0.5, 0.6) is 0 Å². The summed E-state index contributed by atoms with van der Waals surface area (Å²) >= 11 is 0. The molecule has 23 heavy (non-hydrogen) atoms. The smallest absolute Gasteiger partial charge is 0.245 e. The molecule has 0 radical (unpaired) electrons. The predicted molar refractivity (Wildman–Crippen MR) is 88.5 cm³/mol. The zero-order chi connectivity index (χ0) is 16.4. The molecule has 2 atom stereocenters. The highest BCUT2D eigenvalue weighted by Gasteiger charge is 2.38. The highest BCUT2D eigenvalue weighted by molar-refractivity contribution is 5.91. The summed E-state index contributed by atoms with van der Waals surface area (Å²) in [6, 6.07) is 7.87. The van der Waals surface area contributed by atoms with Crippen molar-refractivity contribution in [3.63, 3.8) is 0 Å². The molecular formula is C18H25N3O2. The average molecular weight is 315 g/mol. The van der Waals surface area contributed by atoms with E-state index in [1.165, 1.54) is 5.56 Å². The number of benzene rings is 1. The number of nitrogens with two attached hydrogens (primary N) is 1. The Bertz CT molecular complexity index is 584. The van der Waals surface area contributed by atoms with Crippen molar-refractivity contribution in [2.75, 3.05) is 13.1 Å². The van der Waals surface area contributed by atoms with E-state index >= 15 is 0 Å². The number of likely N-dealkylation sites (tertiary alicyclic amines) is 2. The van der Waals surface area contributed by atoms with Crippen molar-refractivity contribution < 1.29 is 9.59 Å². The molecule has 0 bridgehead atoms. The van der Waals surface area contributed by atoms with E-state index in [1.807, 2.05) is 36.1 Å². The summed E-state index contributed by atoms with van der Waals surface area (Å²) in [5, 5.41) is 0. The number of hydrogen-bond acceptors (Lipinski definition) is 3. The first-order valence-corrected chi connectivity index (χ1v) is 8.44. The molecule has 0 aromatic heterocycles. The number of nitrogens with zero attached hydrogens (tertiary/aromatic N) is 2. The van der Waals surface area contributed by atoms with Crippen molar-refractivity contribution in [2.24, 2.45) is 5.73 Å². The summed E-state index contributed by atoms with van der Waals surface area (Å²) in [5.74, 6) is 0.142. The first-order valence-electron chi connectivity index (χ1n) is 8.44. The van der Waals surface area contributed by atoms with Gasteiger partial charge in [-0.25, -0.2) is 0 Å². The Balaban J connectivity index is 1.71. The number of aryl methyl sites for hydroxylation is 1. The molecule has 0 spiro atoms. The lowest BCUT2D eigenvalue weighted by atomic mass is 10.0. The molecular weight excluding hydrogens is 290 g/mol. The van der Waals surface area contributed by atoms with Crippen molar-refractivity contribution in [1.29, 1.82) is 0 Å². The summed E-state index contributed by atoms with van der Waals surface area (Å²) in [5.41, 5.74) is 8.25. The van der Waals surface area contributed by atoms with E-state index in [-0.39, 0.29) is 23.9 Å². The van der Waals surface area contributed by atoms with Gasteiger partial charge in [0.05, 0.1) is 0 Å². The Hall–Kier alpha value is -1.88. The molecule has 1 aromatic carbocycles. The van der Waals surface area contributed by atoms with E-state index < -0.39 is 0 Å². The molecule has 2 aliphatic heterocycles. The fraction of sp³-hybridized carbons (Fsp3) is 0.556. The number of hydrogen-bond donors (Lipinski definition) is 1. The molecule has 0 saturated carbocycles. The van der Waals surface area contributed by atoms with E-state index in [0.29, 0.717) is 25.9 Å². The standard InChI is InChI=1S/C18H25N3O2/c1-13-4-6-14(7-5-13)11-21-16(8-9-17(21)22)18(23)20-10-2-3-15(19)12-20/h4-7,15-16H,2-3,8-12,19H2,1H3. The maximum absolute atomic E-state index is 12.8. The second-order valence-corrected chi connectivity index (χ2v) is 6.75. The largest absolute Gasteiger partial charge is 0.339 e. The minimum absolute atomic E-state index is 0.0651. The van der Waals surface area contributed by atoms with Crippen LogP contribution in [0.4, 0.5) is 0 Å². The minimum Gasteiger partial charge on any atom is -0.339 e. The van der Waals surface area contributed by atoms with Crippen LogP contribution in [-0.2, 0) is 16.1 Å². The van der Waals surface area contributed by atoms with Gasteiger partial charge >= 0.3 is 0 Å². The Kier molecular flexibility index (Phi) is 4.66. The van der Waals surface area contributed by atoms with E-state index in [0.717, 1.165) is 24.9 Å². The van der Waals surface area contributed by atoms with Gasteiger partial charge in [-0.3, -0.25) is 9.59 Å². The Labute approximate surface area is 137 Å². The summed E-state index contributed by atoms with van der Waals surface area (Å²) < 4.78 is 0. The van der Waals surface area contributed by atoms with Gasteiger partial charge in [-0.15, -0.1) is 0 Å². The van der Waals surface area contributed by atoms with Crippen LogP contribution in [0.25, 0.3) is 0 Å². The summed E-state index contributed by atoms with van der Waals surface area (Å²) in [4.78, 5) is 28.7. The summed E-state index contributed by atoms with van der Waals surface area (Å²) in [6.07, 6.45) is 3.00. The zero-order valence-electron chi connectivity index (χ0n) is 13.7. The highest BCUT2D eigenvalue weighted by atomic mass is 16.2. The molecule has 5 nitrogen and oxygen atoms in total. The average Bonchev–Trinajstić information content (AvgIpc) is 2.90. The molecule has 5 heteroatoms. The summed E-state index contributed by atoms with van der Waals surface area (Å²) in [7, 11) is 0. The second-order valence-electron chi connectivity index (χ2n) is 6.75. The van der Waals surface area contributed by atoms with Gasteiger partial charge in [-0.05, 0) is 31.7 Å².